The number of thiophene rings is 1. The lowest BCUT2D eigenvalue weighted by Crippen LogP contribution is -2.20. The number of allylic oxidation sites excluding steroid dienone is 2. The second kappa shape index (κ2) is 14.1. The van der Waals surface area contributed by atoms with Gasteiger partial charge in [0.2, 0.25) is 0 Å². The highest BCUT2D eigenvalue weighted by Gasteiger charge is 2.39. The number of aliphatic hydroxyl groups is 3. The van der Waals surface area contributed by atoms with Crippen molar-refractivity contribution in [2.75, 3.05) is 0 Å². The molecule has 1 aromatic rings. The number of hydrogen-bond donors (Lipinski definition) is 3. The van der Waals surface area contributed by atoms with Crippen molar-refractivity contribution >= 4 is 52.1 Å². The number of carbonyl (C=O) groups is 1. The van der Waals surface area contributed by atoms with Crippen molar-refractivity contribution < 1.29 is 24.9 Å². The van der Waals surface area contributed by atoms with Crippen LogP contribution in [0.2, 0.25) is 14.4 Å². The Morgan fingerprint density at radius 3 is 2.55 bits per heavy atom. The van der Waals surface area contributed by atoms with Gasteiger partial charge >= 0.3 is 5.97 Å². The number of rotatable bonds is 12. The molecule has 0 amide bonds. The first kappa shape index (κ1) is 28.6. The fourth-order valence-corrected chi connectivity index (χ4v) is 5.85. The Morgan fingerprint density at radius 1 is 1.18 bits per heavy atom. The number of aryl methyl sites for hydroxylation is 1. The van der Waals surface area contributed by atoms with Crippen molar-refractivity contribution in [1.29, 1.82) is 0 Å². The number of carbonyl (C=O) groups excluding carboxylic acids is 1. The van der Waals surface area contributed by atoms with E-state index >= 15 is 0 Å². The zero-order chi connectivity index (χ0) is 24.5. The summed E-state index contributed by atoms with van der Waals surface area (Å²) in [7, 11) is 0. The molecule has 1 heterocycles. The summed E-state index contributed by atoms with van der Waals surface area (Å²) in [5, 5.41) is 31.9. The number of aliphatic hydroxyl groups excluding tert-OH is 3. The molecule has 1 aromatic heterocycles. The third-order valence-electron chi connectivity index (χ3n) is 5.66. The number of hydrogen-bond acceptors (Lipinski definition) is 6. The van der Waals surface area contributed by atoms with Crippen molar-refractivity contribution in [3.8, 4) is 0 Å². The summed E-state index contributed by atoms with van der Waals surface area (Å²) in [6.45, 7) is 3.66. The number of ether oxygens (including phenoxy) is 1. The topological polar surface area (TPSA) is 87.0 Å². The predicted molar refractivity (Wildman–Crippen MR) is 135 cm³/mol. The maximum absolute atomic E-state index is 11.6. The molecule has 5 atom stereocenters. The van der Waals surface area contributed by atoms with Crippen LogP contribution < -0.4 is 0 Å². The van der Waals surface area contributed by atoms with Gasteiger partial charge in [-0.05, 0) is 51.9 Å². The standard InChI is InChI=1S/C24H33Cl3O5S/c1-14(2)32-21(31)8-6-4-3-5-7-16-17(19(30)13-18(16)29)11-9-15(28)10-12-20-22(25)23(26)24(27)33-20/h3,5,9,11,14-19,28-30H,4,6-8,10,12-13H2,1-2H3/b5-3+,11-9+/t15-,16-,17-,18+,19-/m1/s1. The quantitative estimate of drug-likeness (QED) is 0.173. The molecule has 0 aromatic carbocycles. The second-order valence-corrected chi connectivity index (χ2v) is 11.1. The molecule has 33 heavy (non-hydrogen) atoms. The van der Waals surface area contributed by atoms with Crippen LogP contribution >= 0.6 is 46.1 Å². The fraction of sp³-hybridized carbons (Fsp3) is 0.625. The van der Waals surface area contributed by atoms with E-state index in [4.69, 9.17) is 39.5 Å². The Hall–Kier alpha value is -0.600. The summed E-state index contributed by atoms with van der Waals surface area (Å²) < 4.78 is 5.55. The van der Waals surface area contributed by atoms with Gasteiger partial charge in [-0.1, -0.05) is 59.1 Å². The van der Waals surface area contributed by atoms with E-state index in [2.05, 4.69) is 0 Å². The molecule has 5 nitrogen and oxygen atoms in total. The van der Waals surface area contributed by atoms with Gasteiger partial charge in [0.05, 0.1) is 34.5 Å². The van der Waals surface area contributed by atoms with Gasteiger partial charge in [-0.15, -0.1) is 11.3 Å². The van der Waals surface area contributed by atoms with E-state index in [9.17, 15) is 20.1 Å². The number of unbranched alkanes of at least 4 members (excludes halogenated alkanes) is 1. The molecule has 2 rings (SSSR count). The lowest BCUT2D eigenvalue weighted by Gasteiger charge is -2.19. The number of esters is 1. The zero-order valence-corrected chi connectivity index (χ0v) is 22.0. The summed E-state index contributed by atoms with van der Waals surface area (Å²) in [5.74, 6) is -0.562. The fourth-order valence-electron chi connectivity index (χ4n) is 3.96. The van der Waals surface area contributed by atoms with Crippen LogP contribution in [0.4, 0.5) is 0 Å². The highest BCUT2D eigenvalue weighted by atomic mass is 35.5. The normalized spacial score (nSPS) is 24.4. The van der Waals surface area contributed by atoms with Crippen LogP contribution in [-0.2, 0) is 16.0 Å². The van der Waals surface area contributed by atoms with Gasteiger partial charge in [-0.3, -0.25) is 4.79 Å². The van der Waals surface area contributed by atoms with Gasteiger partial charge < -0.3 is 20.1 Å². The molecule has 3 N–H and O–H groups in total. The molecule has 0 unspecified atom stereocenters. The van der Waals surface area contributed by atoms with Gasteiger partial charge in [0, 0.05) is 23.6 Å². The Kier molecular flexibility index (Phi) is 12.2. The largest absolute Gasteiger partial charge is 0.463 e. The summed E-state index contributed by atoms with van der Waals surface area (Å²) in [4.78, 5) is 12.4. The summed E-state index contributed by atoms with van der Waals surface area (Å²) in [5.41, 5.74) is 0. The minimum absolute atomic E-state index is 0.0997. The minimum atomic E-state index is -0.715. The average Bonchev–Trinajstić information content (AvgIpc) is 3.15. The Bertz CT molecular complexity index is 823. The van der Waals surface area contributed by atoms with Crippen LogP contribution in [0.3, 0.4) is 0 Å². The van der Waals surface area contributed by atoms with E-state index in [1.165, 1.54) is 11.3 Å². The first-order valence-electron chi connectivity index (χ1n) is 11.3. The van der Waals surface area contributed by atoms with Crippen LogP contribution in [0.15, 0.2) is 24.3 Å². The SMILES string of the molecule is CC(C)OC(=O)CCC/C=C/C[C@@H]1[C@@H](/C=C/[C@@H](O)CCc2sc(Cl)c(Cl)c2Cl)[C@H](O)C[C@@H]1O. The van der Waals surface area contributed by atoms with Gasteiger partial charge in [0.25, 0.3) is 0 Å². The van der Waals surface area contributed by atoms with Crippen molar-refractivity contribution in [3.63, 3.8) is 0 Å². The van der Waals surface area contributed by atoms with Gasteiger partial charge in [-0.2, -0.15) is 0 Å². The summed E-state index contributed by atoms with van der Waals surface area (Å²) in [6.07, 6.45) is 9.13. The van der Waals surface area contributed by atoms with Crippen LogP contribution in [0.1, 0.15) is 57.2 Å². The van der Waals surface area contributed by atoms with Gasteiger partial charge in [-0.25, -0.2) is 0 Å². The lowest BCUT2D eigenvalue weighted by molar-refractivity contribution is -0.147. The van der Waals surface area contributed by atoms with Crippen molar-refractivity contribution in [2.24, 2.45) is 11.8 Å². The maximum atomic E-state index is 11.6. The lowest BCUT2D eigenvalue weighted by atomic mass is 9.89. The molecule has 9 heteroatoms. The van der Waals surface area contributed by atoms with Gasteiger partial charge in [0.1, 0.15) is 4.34 Å². The first-order chi connectivity index (χ1) is 15.6. The highest BCUT2D eigenvalue weighted by Crippen LogP contribution is 2.41. The third-order valence-corrected chi connectivity index (χ3v) is 8.33. The first-order valence-corrected chi connectivity index (χ1v) is 13.2. The summed E-state index contributed by atoms with van der Waals surface area (Å²) in [6, 6.07) is 0. The Morgan fingerprint density at radius 2 is 1.91 bits per heavy atom. The molecule has 0 radical (unpaired) electrons. The van der Waals surface area contributed by atoms with Crippen molar-refractivity contribution in [3.05, 3.63) is 43.6 Å². The summed E-state index contributed by atoms with van der Waals surface area (Å²) >= 11 is 19.5. The third kappa shape index (κ3) is 9.17. The van der Waals surface area contributed by atoms with E-state index in [0.29, 0.717) is 52.9 Å². The monoisotopic (exact) mass is 538 g/mol. The van der Waals surface area contributed by atoms with Crippen LogP contribution in [0.25, 0.3) is 0 Å². The van der Waals surface area contributed by atoms with Crippen LogP contribution in [-0.4, -0.2) is 45.7 Å². The zero-order valence-electron chi connectivity index (χ0n) is 18.9. The molecule has 1 aliphatic rings. The van der Waals surface area contributed by atoms with E-state index in [1.54, 1.807) is 6.08 Å². The van der Waals surface area contributed by atoms with E-state index < -0.39 is 18.3 Å². The molecule has 0 spiro atoms. The van der Waals surface area contributed by atoms with Crippen LogP contribution in [0, 0.1) is 11.8 Å². The molecular formula is C24H33Cl3O5S. The Labute approximate surface area is 215 Å². The molecular weight excluding hydrogens is 507 g/mol. The smallest absolute Gasteiger partial charge is 0.306 e. The highest BCUT2D eigenvalue weighted by molar-refractivity contribution is 7.17. The average molecular weight is 540 g/mol. The molecule has 1 saturated carbocycles. The molecule has 186 valence electrons. The number of halogens is 3. The van der Waals surface area contributed by atoms with Crippen molar-refractivity contribution in [1.82, 2.24) is 0 Å². The van der Waals surface area contributed by atoms with E-state index in [0.717, 1.165) is 11.3 Å². The molecule has 1 fully saturated rings. The van der Waals surface area contributed by atoms with E-state index in [-0.39, 0.29) is 23.9 Å². The molecule has 1 aliphatic carbocycles. The molecule has 0 aliphatic heterocycles. The predicted octanol–water partition coefficient (Wildman–Crippen LogP) is 5.98. The van der Waals surface area contributed by atoms with Gasteiger partial charge in [0.15, 0.2) is 0 Å². The molecule has 0 bridgehead atoms. The Balaban J connectivity index is 1.81. The van der Waals surface area contributed by atoms with Crippen LogP contribution in [0.5, 0.6) is 0 Å². The second-order valence-electron chi connectivity index (χ2n) is 8.67. The maximum Gasteiger partial charge on any atom is 0.306 e. The van der Waals surface area contributed by atoms with Crippen molar-refractivity contribution in [2.45, 2.75) is 83.2 Å². The molecule has 0 saturated heterocycles. The van der Waals surface area contributed by atoms with E-state index in [1.807, 2.05) is 32.1 Å². The minimum Gasteiger partial charge on any atom is -0.463 e.